The van der Waals surface area contributed by atoms with E-state index in [1.807, 2.05) is 12.1 Å². The van der Waals surface area contributed by atoms with Crippen LogP contribution in [-0.4, -0.2) is 17.0 Å². The minimum Gasteiger partial charge on any atom is -0.478 e. The number of rotatable bonds is 3. The van der Waals surface area contributed by atoms with Gasteiger partial charge in [0.2, 0.25) is 0 Å². The minimum absolute atomic E-state index is 0.251. The van der Waals surface area contributed by atoms with Gasteiger partial charge in [-0.25, -0.2) is 4.79 Å². The summed E-state index contributed by atoms with van der Waals surface area (Å²) in [7, 11) is 0. The Bertz CT molecular complexity index is 534. The average Bonchev–Trinajstić information content (AvgIpc) is 2.41. The summed E-state index contributed by atoms with van der Waals surface area (Å²) in [5, 5.41) is 11.9. The van der Waals surface area contributed by atoms with Gasteiger partial charge < -0.3 is 10.4 Å². The van der Waals surface area contributed by atoms with Crippen molar-refractivity contribution in [1.82, 2.24) is 0 Å². The first kappa shape index (κ1) is 13.8. The molecule has 0 fully saturated rings. The summed E-state index contributed by atoms with van der Waals surface area (Å²) in [4.78, 5) is 23.2. The van der Waals surface area contributed by atoms with Gasteiger partial charge in [0.05, 0.1) is 0 Å². The van der Waals surface area contributed by atoms with Crippen molar-refractivity contribution < 1.29 is 14.7 Å². The third-order valence-electron chi connectivity index (χ3n) is 3.10. The first-order valence-electron chi connectivity index (χ1n) is 6.10. The van der Waals surface area contributed by atoms with Gasteiger partial charge in [-0.15, -0.1) is 0 Å². The molecule has 19 heavy (non-hydrogen) atoms. The summed E-state index contributed by atoms with van der Waals surface area (Å²) in [6.45, 7) is 0. The molecule has 0 atom stereocenters. The summed E-state index contributed by atoms with van der Waals surface area (Å²) < 4.78 is 0.925. The highest BCUT2D eigenvalue weighted by Gasteiger charge is 2.23. The Balaban J connectivity index is 2.18. The number of aliphatic carboxylic acids is 1. The number of carbonyl (C=O) groups is 2. The van der Waals surface area contributed by atoms with E-state index in [0.29, 0.717) is 24.1 Å². The molecule has 2 N–H and O–H groups in total. The lowest BCUT2D eigenvalue weighted by molar-refractivity contribution is -0.133. The molecular weight excluding hydrogens is 310 g/mol. The molecule has 1 aromatic carbocycles. The maximum atomic E-state index is 12.1. The number of carbonyl (C=O) groups excluding carboxylic acids is 1. The van der Waals surface area contributed by atoms with Crippen LogP contribution in [0, 0.1) is 0 Å². The van der Waals surface area contributed by atoms with Crippen molar-refractivity contribution in [3.63, 3.8) is 0 Å². The van der Waals surface area contributed by atoms with Crippen LogP contribution in [0.25, 0.3) is 0 Å². The Hall–Kier alpha value is -1.62. The van der Waals surface area contributed by atoms with Crippen LogP contribution in [0.5, 0.6) is 0 Å². The van der Waals surface area contributed by atoms with Crippen LogP contribution < -0.4 is 5.32 Å². The smallest absolute Gasteiger partial charge is 0.332 e. The quantitative estimate of drug-likeness (QED) is 0.896. The predicted molar refractivity (Wildman–Crippen MR) is 75.9 cm³/mol. The Morgan fingerprint density at radius 1 is 1.05 bits per heavy atom. The summed E-state index contributed by atoms with van der Waals surface area (Å²) >= 11 is 3.32. The number of nitrogens with one attached hydrogen (secondary N) is 1. The van der Waals surface area contributed by atoms with E-state index in [1.165, 1.54) is 0 Å². The molecule has 0 unspecified atom stereocenters. The summed E-state index contributed by atoms with van der Waals surface area (Å²) in [6, 6.07) is 7.18. The van der Waals surface area contributed by atoms with Gasteiger partial charge in [0.25, 0.3) is 5.91 Å². The maximum absolute atomic E-state index is 12.1. The van der Waals surface area contributed by atoms with Crippen LogP contribution in [-0.2, 0) is 9.59 Å². The van der Waals surface area contributed by atoms with Gasteiger partial charge in [0.15, 0.2) is 0 Å². The van der Waals surface area contributed by atoms with E-state index in [9.17, 15) is 9.59 Å². The molecule has 0 saturated heterocycles. The Morgan fingerprint density at radius 3 is 2.21 bits per heavy atom. The molecule has 0 bridgehead atoms. The predicted octanol–water partition coefficient (Wildman–Crippen LogP) is 3.34. The van der Waals surface area contributed by atoms with Crippen molar-refractivity contribution in [1.29, 1.82) is 0 Å². The highest BCUT2D eigenvalue weighted by Crippen LogP contribution is 2.26. The fourth-order valence-corrected chi connectivity index (χ4v) is 2.40. The molecule has 0 aliphatic heterocycles. The summed E-state index contributed by atoms with van der Waals surface area (Å²) in [6.07, 6.45) is 2.69. The van der Waals surface area contributed by atoms with Crippen molar-refractivity contribution in [3.8, 4) is 0 Å². The molecule has 0 heterocycles. The number of benzene rings is 1. The van der Waals surface area contributed by atoms with Crippen molar-refractivity contribution in [2.75, 3.05) is 5.32 Å². The van der Waals surface area contributed by atoms with E-state index < -0.39 is 5.97 Å². The van der Waals surface area contributed by atoms with Gasteiger partial charge >= 0.3 is 5.97 Å². The van der Waals surface area contributed by atoms with Crippen molar-refractivity contribution in [2.45, 2.75) is 25.7 Å². The lowest BCUT2D eigenvalue weighted by Crippen LogP contribution is -2.21. The average molecular weight is 324 g/mol. The van der Waals surface area contributed by atoms with Gasteiger partial charge in [-0.05, 0) is 49.9 Å². The highest BCUT2D eigenvalue weighted by atomic mass is 79.9. The first-order chi connectivity index (χ1) is 9.08. The van der Waals surface area contributed by atoms with E-state index in [1.54, 1.807) is 12.1 Å². The molecule has 2 rings (SSSR count). The number of amides is 1. The zero-order valence-electron chi connectivity index (χ0n) is 10.3. The van der Waals surface area contributed by atoms with Crippen molar-refractivity contribution in [2.24, 2.45) is 0 Å². The molecule has 4 nitrogen and oxygen atoms in total. The Kier molecular flexibility index (Phi) is 4.37. The number of hydrogen-bond donors (Lipinski definition) is 2. The van der Waals surface area contributed by atoms with Gasteiger partial charge in [0.1, 0.15) is 0 Å². The third-order valence-corrected chi connectivity index (χ3v) is 3.63. The number of carboxylic acids is 1. The van der Waals surface area contributed by atoms with E-state index in [4.69, 9.17) is 5.11 Å². The van der Waals surface area contributed by atoms with Crippen LogP contribution in [0.4, 0.5) is 5.69 Å². The van der Waals surface area contributed by atoms with Gasteiger partial charge in [-0.2, -0.15) is 0 Å². The molecule has 0 saturated carbocycles. The fraction of sp³-hybridized carbons (Fsp3) is 0.286. The van der Waals surface area contributed by atoms with Crippen LogP contribution in [0.2, 0.25) is 0 Å². The van der Waals surface area contributed by atoms with Crippen molar-refractivity contribution in [3.05, 3.63) is 39.9 Å². The minimum atomic E-state index is -0.986. The van der Waals surface area contributed by atoms with Gasteiger partial charge in [0, 0.05) is 21.3 Å². The van der Waals surface area contributed by atoms with E-state index in [0.717, 1.165) is 17.3 Å². The second-order valence-corrected chi connectivity index (χ2v) is 5.35. The summed E-state index contributed by atoms with van der Waals surface area (Å²) in [5.74, 6) is -1.29. The van der Waals surface area contributed by atoms with Crippen LogP contribution in [0.3, 0.4) is 0 Å². The number of carboxylic acid groups (broad SMARTS) is 1. The normalized spacial score (nSPS) is 15.2. The molecule has 0 radical (unpaired) electrons. The largest absolute Gasteiger partial charge is 0.478 e. The number of hydrogen-bond acceptors (Lipinski definition) is 2. The molecule has 5 heteroatoms. The van der Waals surface area contributed by atoms with Crippen molar-refractivity contribution >= 4 is 33.5 Å². The fourth-order valence-electron chi connectivity index (χ4n) is 2.13. The summed E-state index contributed by atoms with van der Waals surface area (Å²) in [5.41, 5.74) is 1.32. The lowest BCUT2D eigenvalue weighted by Gasteiger charge is -2.17. The Labute approximate surface area is 119 Å². The first-order valence-corrected chi connectivity index (χ1v) is 6.89. The molecule has 100 valence electrons. The molecule has 1 aromatic rings. The molecule has 1 aliphatic rings. The SMILES string of the molecule is O=C(O)C1=C(C(=O)Nc2ccc(Br)cc2)CCCC1. The molecule has 0 spiro atoms. The number of anilines is 1. The molecule has 1 amide bonds. The molecule has 1 aliphatic carbocycles. The zero-order valence-corrected chi connectivity index (χ0v) is 11.9. The monoisotopic (exact) mass is 323 g/mol. The van der Waals surface area contributed by atoms with Crippen LogP contribution >= 0.6 is 15.9 Å². The lowest BCUT2D eigenvalue weighted by atomic mass is 9.91. The number of halogens is 1. The van der Waals surface area contributed by atoms with E-state index >= 15 is 0 Å². The second kappa shape index (κ2) is 6.02. The van der Waals surface area contributed by atoms with Crippen LogP contribution in [0.1, 0.15) is 25.7 Å². The topological polar surface area (TPSA) is 66.4 Å². The second-order valence-electron chi connectivity index (χ2n) is 4.43. The van der Waals surface area contributed by atoms with Gasteiger partial charge in [-0.1, -0.05) is 15.9 Å². The Morgan fingerprint density at radius 2 is 1.63 bits per heavy atom. The standard InChI is InChI=1S/C14H14BrNO3/c15-9-5-7-10(8-6-9)16-13(17)11-3-1-2-4-12(11)14(18)19/h5-8H,1-4H2,(H,16,17)(H,18,19). The maximum Gasteiger partial charge on any atom is 0.332 e. The van der Waals surface area contributed by atoms with Gasteiger partial charge in [-0.3, -0.25) is 4.79 Å². The molecule has 0 aromatic heterocycles. The van der Waals surface area contributed by atoms with E-state index in [-0.39, 0.29) is 11.5 Å². The molecular formula is C14H14BrNO3. The van der Waals surface area contributed by atoms with E-state index in [2.05, 4.69) is 21.2 Å². The van der Waals surface area contributed by atoms with Crippen LogP contribution in [0.15, 0.2) is 39.9 Å². The highest BCUT2D eigenvalue weighted by molar-refractivity contribution is 9.10. The third kappa shape index (κ3) is 3.44. The zero-order chi connectivity index (χ0) is 13.8.